The van der Waals surface area contributed by atoms with Crippen LogP contribution in [0.2, 0.25) is 5.02 Å². The Hall–Kier alpha value is -3.30. The lowest BCUT2D eigenvalue weighted by Crippen LogP contribution is -2.15. The summed E-state index contributed by atoms with van der Waals surface area (Å²) in [5.74, 6) is -1.05. The third-order valence-electron chi connectivity index (χ3n) is 3.55. The van der Waals surface area contributed by atoms with Gasteiger partial charge in [0.15, 0.2) is 0 Å². The molecule has 0 heterocycles. The maximum absolute atomic E-state index is 12.3. The van der Waals surface area contributed by atoms with Gasteiger partial charge in [0.25, 0.3) is 5.91 Å². The molecular formula is C19H16ClN3O3. The zero-order valence-electron chi connectivity index (χ0n) is 14.2. The molecule has 0 spiro atoms. The van der Waals surface area contributed by atoms with Gasteiger partial charge in [0.2, 0.25) is 0 Å². The van der Waals surface area contributed by atoms with Crippen molar-refractivity contribution in [3.05, 3.63) is 70.4 Å². The van der Waals surface area contributed by atoms with Crippen molar-refractivity contribution in [2.24, 2.45) is 0 Å². The number of hydrogen-bond donors (Lipinski definition) is 2. The first-order valence-corrected chi connectivity index (χ1v) is 7.95. The number of nitriles is 1. The number of anilines is 2. The highest BCUT2D eigenvalue weighted by atomic mass is 35.5. The first kappa shape index (κ1) is 19.0. The Kier molecular flexibility index (Phi) is 6.36. The summed E-state index contributed by atoms with van der Waals surface area (Å²) in [5.41, 5.74) is 1.98. The molecule has 0 radical (unpaired) electrons. The molecule has 0 bridgehead atoms. The van der Waals surface area contributed by atoms with E-state index in [1.165, 1.54) is 13.3 Å². The molecule has 0 aliphatic carbocycles. The number of nitrogens with one attached hydrogen (secondary N) is 2. The van der Waals surface area contributed by atoms with E-state index in [-0.39, 0.29) is 5.57 Å². The molecule has 0 unspecified atom stereocenters. The molecule has 2 rings (SSSR count). The van der Waals surface area contributed by atoms with Gasteiger partial charge < -0.3 is 15.4 Å². The van der Waals surface area contributed by atoms with Crippen LogP contribution in [0.5, 0.6) is 0 Å². The number of carbonyl (C=O) groups excluding carboxylic acids is 2. The number of hydrogen-bond acceptors (Lipinski definition) is 5. The quantitative estimate of drug-likeness (QED) is 0.474. The van der Waals surface area contributed by atoms with Crippen molar-refractivity contribution in [3.8, 4) is 6.07 Å². The molecule has 0 saturated heterocycles. The molecule has 0 aromatic heterocycles. The molecule has 2 N–H and O–H groups in total. The van der Waals surface area contributed by atoms with Gasteiger partial charge in [-0.25, -0.2) is 4.79 Å². The van der Waals surface area contributed by atoms with Crippen molar-refractivity contribution in [2.45, 2.75) is 6.92 Å². The Bertz CT molecular complexity index is 916. The molecule has 6 nitrogen and oxygen atoms in total. The van der Waals surface area contributed by atoms with Crippen LogP contribution in [0.15, 0.2) is 54.2 Å². The third-order valence-corrected chi connectivity index (χ3v) is 3.96. The lowest BCUT2D eigenvalue weighted by Gasteiger charge is -2.09. The van der Waals surface area contributed by atoms with E-state index in [2.05, 4.69) is 15.4 Å². The number of methoxy groups -OCH3 is 1. The van der Waals surface area contributed by atoms with Gasteiger partial charge in [0.1, 0.15) is 11.6 Å². The van der Waals surface area contributed by atoms with E-state index >= 15 is 0 Å². The van der Waals surface area contributed by atoms with Crippen molar-refractivity contribution in [1.29, 1.82) is 5.26 Å². The summed E-state index contributed by atoms with van der Waals surface area (Å²) in [6.45, 7) is 1.77. The summed E-state index contributed by atoms with van der Waals surface area (Å²) in [5, 5.41) is 15.2. The second-order valence-corrected chi connectivity index (χ2v) is 5.66. The van der Waals surface area contributed by atoms with Crippen LogP contribution in [0.1, 0.15) is 15.9 Å². The molecule has 1 amide bonds. The van der Waals surface area contributed by atoms with E-state index < -0.39 is 11.9 Å². The minimum Gasteiger partial charge on any atom is -0.465 e. The SMILES string of the molecule is COC(=O)c1cccc(N/C=C(/C#N)C(=O)Nc2cccc(Cl)c2C)c1. The summed E-state index contributed by atoms with van der Waals surface area (Å²) < 4.78 is 4.65. The minimum absolute atomic E-state index is 0.132. The number of benzene rings is 2. The fourth-order valence-corrected chi connectivity index (χ4v) is 2.26. The molecule has 7 heteroatoms. The minimum atomic E-state index is -0.575. The maximum atomic E-state index is 12.3. The van der Waals surface area contributed by atoms with Gasteiger partial charge >= 0.3 is 5.97 Å². The second kappa shape index (κ2) is 8.70. The van der Waals surface area contributed by atoms with Crippen LogP contribution in [0.3, 0.4) is 0 Å². The number of rotatable bonds is 5. The largest absolute Gasteiger partial charge is 0.465 e. The number of amides is 1. The van der Waals surface area contributed by atoms with E-state index in [0.717, 1.165) is 0 Å². The molecular weight excluding hydrogens is 354 g/mol. The van der Waals surface area contributed by atoms with Crippen LogP contribution >= 0.6 is 11.6 Å². The summed E-state index contributed by atoms with van der Waals surface area (Å²) in [7, 11) is 1.29. The Morgan fingerprint density at radius 2 is 1.96 bits per heavy atom. The normalized spacial score (nSPS) is 10.6. The van der Waals surface area contributed by atoms with Gasteiger partial charge in [-0.15, -0.1) is 0 Å². The smallest absolute Gasteiger partial charge is 0.337 e. The van der Waals surface area contributed by atoms with E-state index in [1.807, 2.05) is 6.07 Å². The highest BCUT2D eigenvalue weighted by Crippen LogP contribution is 2.23. The Morgan fingerprint density at radius 3 is 2.65 bits per heavy atom. The zero-order chi connectivity index (χ0) is 19.1. The van der Waals surface area contributed by atoms with Gasteiger partial charge in [-0.3, -0.25) is 4.79 Å². The molecule has 132 valence electrons. The Labute approximate surface area is 156 Å². The molecule has 0 aliphatic rings. The van der Waals surface area contributed by atoms with Crippen LogP contribution in [0.4, 0.5) is 11.4 Å². The van der Waals surface area contributed by atoms with Crippen LogP contribution in [0, 0.1) is 18.3 Å². The second-order valence-electron chi connectivity index (χ2n) is 5.25. The van der Waals surface area contributed by atoms with Crippen molar-refractivity contribution >= 4 is 34.9 Å². The zero-order valence-corrected chi connectivity index (χ0v) is 14.9. The number of halogens is 1. The Balaban J connectivity index is 2.15. The predicted molar refractivity (Wildman–Crippen MR) is 99.9 cm³/mol. The van der Waals surface area contributed by atoms with Gasteiger partial charge in [0.05, 0.1) is 12.7 Å². The van der Waals surface area contributed by atoms with Crippen molar-refractivity contribution in [2.75, 3.05) is 17.7 Å². The van der Waals surface area contributed by atoms with E-state index in [9.17, 15) is 14.9 Å². The van der Waals surface area contributed by atoms with Crippen LogP contribution < -0.4 is 10.6 Å². The van der Waals surface area contributed by atoms with Crippen molar-refractivity contribution < 1.29 is 14.3 Å². The number of nitrogens with zero attached hydrogens (tertiary/aromatic N) is 1. The summed E-state index contributed by atoms with van der Waals surface area (Å²) in [6, 6.07) is 13.4. The van der Waals surface area contributed by atoms with Crippen molar-refractivity contribution in [3.63, 3.8) is 0 Å². The lowest BCUT2D eigenvalue weighted by atomic mass is 10.2. The van der Waals surface area contributed by atoms with Gasteiger partial charge in [-0.2, -0.15) is 5.26 Å². The average Bonchev–Trinajstić information content (AvgIpc) is 2.65. The first-order valence-electron chi connectivity index (χ1n) is 7.58. The van der Waals surface area contributed by atoms with Gasteiger partial charge in [-0.1, -0.05) is 23.7 Å². The van der Waals surface area contributed by atoms with Gasteiger partial charge in [-0.05, 0) is 42.8 Å². The molecule has 2 aromatic carbocycles. The lowest BCUT2D eigenvalue weighted by molar-refractivity contribution is -0.112. The van der Waals surface area contributed by atoms with Crippen LogP contribution in [-0.2, 0) is 9.53 Å². The molecule has 0 fully saturated rings. The molecule has 0 atom stereocenters. The standard InChI is InChI=1S/C19H16ClN3O3/c1-12-16(20)7-4-8-17(12)23-18(24)14(10-21)11-22-15-6-3-5-13(9-15)19(25)26-2/h3-9,11,22H,1-2H3,(H,23,24)/b14-11-. The molecule has 26 heavy (non-hydrogen) atoms. The fourth-order valence-electron chi connectivity index (χ4n) is 2.09. The molecule has 0 aliphatic heterocycles. The summed E-state index contributed by atoms with van der Waals surface area (Å²) in [6.07, 6.45) is 1.27. The van der Waals surface area contributed by atoms with E-state index in [0.29, 0.717) is 27.5 Å². The third kappa shape index (κ3) is 4.62. The topological polar surface area (TPSA) is 91.2 Å². The Morgan fingerprint density at radius 1 is 1.23 bits per heavy atom. The molecule has 0 saturated carbocycles. The van der Waals surface area contributed by atoms with Gasteiger partial charge in [0, 0.05) is 22.6 Å². The summed E-state index contributed by atoms with van der Waals surface area (Å²) >= 11 is 6.02. The highest BCUT2D eigenvalue weighted by Gasteiger charge is 2.12. The fraction of sp³-hybridized carbons (Fsp3) is 0.105. The van der Waals surface area contributed by atoms with E-state index in [1.54, 1.807) is 49.4 Å². The average molecular weight is 370 g/mol. The van der Waals surface area contributed by atoms with Crippen molar-refractivity contribution in [1.82, 2.24) is 0 Å². The first-order chi connectivity index (χ1) is 12.5. The monoisotopic (exact) mass is 369 g/mol. The molecule has 2 aromatic rings. The highest BCUT2D eigenvalue weighted by molar-refractivity contribution is 6.31. The predicted octanol–water partition coefficient (Wildman–Crippen LogP) is 3.89. The number of ether oxygens (including phenoxy) is 1. The van der Waals surface area contributed by atoms with E-state index in [4.69, 9.17) is 11.6 Å². The number of esters is 1. The number of carbonyl (C=O) groups is 2. The van der Waals surface area contributed by atoms with Crippen LogP contribution in [-0.4, -0.2) is 19.0 Å². The summed E-state index contributed by atoms with van der Waals surface area (Å²) in [4.78, 5) is 23.8. The maximum Gasteiger partial charge on any atom is 0.337 e. The van der Waals surface area contributed by atoms with Crippen LogP contribution in [0.25, 0.3) is 0 Å².